The summed E-state index contributed by atoms with van der Waals surface area (Å²) in [5.74, 6) is -0.0539. The molecule has 1 fully saturated rings. The predicted octanol–water partition coefficient (Wildman–Crippen LogP) is 0.282. The third kappa shape index (κ3) is 2.79. The lowest BCUT2D eigenvalue weighted by Crippen LogP contribution is -2.30. The van der Waals surface area contributed by atoms with Gasteiger partial charge in [-0.05, 0) is 25.8 Å². The maximum absolute atomic E-state index is 11.5. The lowest BCUT2D eigenvalue weighted by Gasteiger charge is -2.09. The molecule has 0 unspecified atom stereocenters. The smallest absolute Gasteiger partial charge is 0.254 e. The Balaban J connectivity index is 1.67. The SMILES string of the molecule is O=C(NCC[C@@H]1CCCN1)c1cn[nH]c1. The lowest BCUT2D eigenvalue weighted by molar-refractivity contribution is 0.0952. The second kappa shape index (κ2) is 4.93. The number of hydrogen-bond donors (Lipinski definition) is 3. The number of aromatic nitrogens is 2. The maximum atomic E-state index is 11.5. The van der Waals surface area contributed by atoms with Gasteiger partial charge in [-0.3, -0.25) is 9.89 Å². The highest BCUT2D eigenvalue weighted by Crippen LogP contribution is 2.07. The molecule has 3 N–H and O–H groups in total. The zero-order valence-corrected chi connectivity index (χ0v) is 8.62. The molecule has 1 aromatic rings. The molecule has 0 aromatic carbocycles. The van der Waals surface area contributed by atoms with Crippen LogP contribution in [0.1, 0.15) is 29.6 Å². The molecule has 5 heteroatoms. The monoisotopic (exact) mass is 208 g/mol. The summed E-state index contributed by atoms with van der Waals surface area (Å²) in [5, 5.41) is 12.6. The van der Waals surface area contributed by atoms with Crippen molar-refractivity contribution in [2.24, 2.45) is 0 Å². The van der Waals surface area contributed by atoms with Crippen LogP contribution in [0.15, 0.2) is 12.4 Å². The van der Waals surface area contributed by atoms with Gasteiger partial charge in [-0.15, -0.1) is 0 Å². The van der Waals surface area contributed by atoms with Gasteiger partial charge < -0.3 is 10.6 Å². The number of rotatable bonds is 4. The molecular weight excluding hydrogens is 192 g/mol. The van der Waals surface area contributed by atoms with Crippen LogP contribution in [0.25, 0.3) is 0 Å². The summed E-state index contributed by atoms with van der Waals surface area (Å²) in [6.07, 6.45) is 6.61. The van der Waals surface area contributed by atoms with Crippen molar-refractivity contribution in [3.8, 4) is 0 Å². The van der Waals surface area contributed by atoms with E-state index in [4.69, 9.17) is 0 Å². The molecule has 1 atom stereocenters. The zero-order chi connectivity index (χ0) is 10.5. The normalized spacial score (nSPS) is 20.4. The Morgan fingerprint density at radius 1 is 1.67 bits per heavy atom. The highest BCUT2D eigenvalue weighted by atomic mass is 16.1. The summed E-state index contributed by atoms with van der Waals surface area (Å²) in [5.41, 5.74) is 0.592. The molecule has 15 heavy (non-hydrogen) atoms. The first-order chi connectivity index (χ1) is 7.36. The molecule has 0 saturated carbocycles. The summed E-state index contributed by atoms with van der Waals surface area (Å²) in [6, 6.07) is 0.578. The van der Waals surface area contributed by atoms with Crippen LogP contribution >= 0.6 is 0 Å². The Morgan fingerprint density at radius 3 is 3.27 bits per heavy atom. The van der Waals surface area contributed by atoms with Crippen LogP contribution in [-0.2, 0) is 0 Å². The van der Waals surface area contributed by atoms with Gasteiger partial charge in [-0.1, -0.05) is 0 Å². The van der Waals surface area contributed by atoms with E-state index < -0.39 is 0 Å². The van der Waals surface area contributed by atoms with E-state index in [9.17, 15) is 4.79 Å². The summed E-state index contributed by atoms with van der Waals surface area (Å²) >= 11 is 0. The zero-order valence-electron chi connectivity index (χ0n) is 8.62. The van der Waals surface area contributed by atoms with E-state index in [2.05, 4.69) is 20.8 Å². The molecule has 1 amide bonds. The molecule has 0 radical (unpaired) electrons. The molecule has 2 rings (SSSR count). The van der Waals surface area contributed by atoms with Crippen molar-refractivity contribution < 1.29 is 4.79 Å². The first-order valence-corrected chi connectivity index (χ1v) is 5.36. The van der Waals surface area contributed by atoms with E-state index in [0.717, 1.165) is 19.5 Å². The van der Waals surface area contributed by atoms with E-state index in [0.29, 0.717) is 11.6 Å². The van der Waals surface area contributed by atoms with Crippen LogP contribution in [-0.4, -0.2) is 35.2 Å². The van der Waals surface area contributed by atoms with Crippen molar-refractivity contribution in [3.63, 3.8) is 0 Å². The van der Waals surface area contributed by atoms with Gasteiger partial charge in [0.25, 0.3) is 5.91 Å². The van der Waals surface area contributed by atoms with Crippen molar-refractivity contribution in [1.29, 1.82) is 0 Å². The molecule has 0 bridgehead atoms. The van der Waals surface area contributed by atoms with Crippen LogP contribution in [0.3, 0.4) is 0 Å². The number of carbonyl (C=O) groups is 1. The topological polar surface area (TPSA) is 69.8 Å². The molecule has 1 saturated heterocycles. The Labute approximate surface area is 88.6 Å². The third-order valence-electron chi connectivity index (χ3n) is 2.70. The van der Waals surface area contributed by atoms with Crippen LogP contribution < -0.4 is 10.6 Å². The lowest BCUT2D eigenvalue weighted by atomic mass is 10.1. The number of hydrogen-bond acceptors (Lipinski definition) is 3. The van der Waals surface area contributed by atoms with Crippen molar-refractivity contribution in [3.05, 3.63) is 18.0 Å². The Bertz CT molecular complexity index is 303. The van der Waals surface area contributed by atoms with Crippen molar-refractivity contribution in [1.82, 2.24) is 20.8 Å². The molecular formula is C10H16N4O. The summed E-state index contributed by atoms with van der Waals surface area (Å²) < 4.78 is 0. The number of nitrogens with one attached hydrogen (secondary N) is 3. The predicted molar refractivity (Wildman–Crippen MR) is 56.6 cm³/mol. The van der Waals surface area contributed by atoms with Gasteiger partial charge >= 0.3 is 0 Å². The highest BCUT2D eigenvalue weighted by molar-refractivity contribution is 5.93. The van der Waals surface area contributed by atoms with Gasteiger partial charge in [0.1, 0.15) is 0 Å². The molecule has 5 nitrogen and oxygen atoms in total. The van der Waals surface area contributed by atoms with Gasteiger partial charge in [0.15, 0.2) is 0 Å². The average molecular weight is 208 g/mol. The molecule has 0 aliphatic carbocycles. The Hall–Kier alpha value is -1.36. The van der Waals surface area contributed by atoms with Crippen LogP contribution in [0, 0.1) is 0 Å². The maximum Gasteiger partial charge on any atom is 0.254 e. The van der Waals surface area contributed by atoms with E-state index in [-0.39, 0.29) is 5.91 Å². The number of carbonyl (C=O) groups excluding carboxylic acids is 1. The van der Waals surface area contributed by atoms with E-state index in [1.165, 1.54) is 19.0 Å². The molecule has 1 aliphatic heterocycles. The largest absolute Gasteiger partial charge is 0.352 e. The number of nitrogens with zero attached hydrogens (tertiary/aromatic N) is 1. The van der Waals surface area contributed by atoms with E-state index in [1.54, 1.807) is 6.20 Å². The fourth-order valence-corrected chi connectivity index (χ4v) is 1.84. The third-order valence-corrected chi connectivity index (χ3v) is 2.70. The molecule has 0 spiro atoms. The highest BCUT2D eigenvalue weighted by Gasteiger charge is 2.13. The van der Waals surface area contributed by atoms with Gasteiger partial charge in [0.2, 0.25) is 0 Å². The molecule has 1 aromatic heterocycles. The van der Waals surface area contributed by atoms with Gasteiger partial charge in [-0.2, -0.15) is 5.10 Å². The number of H-pyrrole nitrogens is 1. The first kappa shape index (κ1) is 10.2. The van der Waals surface area contributed by atoms with Crippen molar-refractivity contribution >= 4 is 5.91 Å². The second-order valence-corrected chi connectivity index (χ2v) is 3.82. The minimum Gasteiger partial charge on any atom is -0.352 e. The van der Waals surface area contributed by atoms with Crippen LogP contribution in [0.2, 0.25) is 0 Å². The number of aromatic amines is 1. The second-order valence-electron chi connectivity index (χ2n) is 3.82. The summed E-state index contributed by atoms with van der Waals surface area (Å²) in [4.78, 5) is 11.5. The fourth-order valence-electron chi connectivity index (χ4n) is 1.84. The van der Waals surface area contributed by atoms with E-state index >= 15 is 0 Å². The van der Waals surface area contributed by atoms with E-state index in [1.807, 2.05) is 0 Å². The fraction of sp³-hybridized carbons (Fsp3) is 0.600. The van der Waals surface area contributed by atoms with Gasteiger partial charge in [-0.25, -0.2) is 0 Å². The van der Waals surface area contributed by atoms with Gasteiger partial charge in [0, 0.05) is 18.8 Å². The first-order valence-electron chi connectivity index (χ1n) is 5.36. The van der Waals surface area contributed by atoms with Crippen LogP contribution in [0.5, 0.6) is 0 Å². The quantitative estimate of drug-likeness (QED) is 0.665. The van der Waals surface area contributed by atoms with Crippen molar-refractivity contribution in [2.75, 3.05) is 13.1 Å². The molecule has 1 aliphatic rings. The summed E-state index contributed by atoms with van der Waals surface area (Å²) in [6.45, 7) is 1.84. The Morgan fingerprint density at radius 2 is 2.60 bits per heavy atom. The van der Waals surface area contributed by atoms with Crippen molar-refractivity contribution in [2.45, 2.75) is 25.3 Å². The molecule has 82 valence electrons. The Kier molecular flexibility index (Phi) is 3.34. The minimum absolute atomic E-state index is 0.0539. The average Bonchev–Trinajstić information content (AvgIpc) is 2.90. The minimum atomic E-state index is -0.0539. The summed E-state index contributed by atoms with van der Waals surface area (Å²) in [7, 11) is 0. The van der Waals surface area contributed by atoms with Crippen LogP contribution in [0.4, 0.5) is 0 Å². The molecule has 2 heterocycles. The standard InChI is InChI=1S/C10H16N4O/c15-10(8-6-13-14-7-8)12-5-3-9-2-1-4-11-9/h6-7,9,11H,1-5H2,(H,12,15)(H,13,14)/t9-/m0/s1. The number of amides is 1. The van der Waals surface area contributed by atoms with Gasteiger partial charge in [0.05, 0.1) is 11.8 Å².